The minimum absolute atomic E-state index is 0.260. The van der Waals surface area contributed by atoms with Crippen LogP contribution < -0.4 is 10.6 Å². The molecule has 3 aromatic rings. The van der Waals surface area contributed by atoms with E-state index in [0.717, 1.165) is 23.4 Å². The summed E-state index contributed by atoms with van der Waals surface area (Å²) >= 11 is 0. The molecule has 2 N–H and O–H groups in total. The number of pyridine rings is 1. The molecule has 3 rings (SSSR count). The van der Waals surface area contributed by atoms with Gasteiger partial charge >= 0.3 is 0 Å². The van der Waals surface area contributed by atoms with Crippen LogP contribution in [0, 0.1) is 0 Å². The molecule has 6 heteroatoms. The number of anilines is 2. The Morgan fingerprint density at radius 3 is 2.64 bits per heavy atom. The number of hydrogen-bond acceptors (Lipinski definition) is 5. The molecule has 25 heavy (non-hydrogen) atoms. The maximum absolute atomic E-state index is 12.5. The molecule has 0 saturated heterocycles. The van der Waals surface area contributed by atoms with Crippen LogP contribution in [0.5, 0.6) is 0 Å². The Morgan fingerprint density at radius 2 is 1.84 bits per heavy atom. The summed E-state index contributed by atoms with van der Waals surface area (Å²) in [7, 11) is 0. The number of benzene rings is 1. The minimum atomic E-state index is -0.260. The Kier molecular flexibility index (Phi) is 5.31. The molecule has 0 aliphatic rings. The second kappa shape index (κ2) is 8.01. The summed E-state index contributed by atoms with van der Waals surface area (Å²) in [6, 6.07) is 15.0. The van der Waals surface area contributed by atoms with Crippen molar-refractivity contribution in [3.63, 3.8) is 0 Å². The summed E-state index contributed by atoms with van der Waals surface area (Å²) < 4.78 is 0. The maximum atomic E-state index is 12.5. The van der Waals surface area contributed by atoms with Crippen molar-refractivity contribution in [2.45, 2.75) is 19.9 Å². The average Bonchev–Trinajstić information content (AvgIpc) is 2.68. The number of carbonyl (C=O) groups excluding carboxylic acids is 1. The minimum Gasteiger partial charge on any atom is -0.349 e. The smallest absolute Gasteiger partial charge is 0.274 e. The van der Waals surface area contributed by atoms with Gasteiger partial charge in [0.25, 0.3) is 5.91 Å². The van der Waals surface area contributed by atoms with Crippen LogP contribution in [-0.4, -0.2) is 20.9 Å². The molecule has 0 unspecified atom stereocenters. The number of para-hydroxylation sites is 1. The normalized spacial score (nSPS) is 10.3. The lowest BCUT2D eigenvalue weighted by atomic mass is 10.1. The molecular formula is C19H19N5O. The van der Waals surface area contributed by atoms with Crippen molar-refractivity contribution in [1.82, 2.24) is 15.0 Å². The van der Waals surface area contributed by atoms with Gasteiger partial charge in [-0.05, 0) is 36.2 Å². The van der Waals surface area contributed by atoms with Crippen molar-refractivity contribution in [3.8, 4) is 0 Å². The summed E-state index contributed by atoms with van der Waals surface area (Å²) in [6.45, 7) is 2.54. The van der Waals surface area contributed by atoms with Crippen molar-refractivity contribution >= 4 is 17.5 Å². The number of amides is 1. The standard InChI is InChI=1S/C19H19N5O/c1-2-14-7-3-4-9-16(14)23-18(25)17-10-12-21-19(24-17)22-13-15-8-5-6-11-20-15/h3-12H,2,13H2,1H3,(H,23,25)(H,21,22,24). The van der Waals surface area contributed by atoms with E-state index in [1.54, 1.807) is 18.5 Å². The van der Waals surface area contributed by atoms with Crippen LogP contribution in [0.4, 0.5) is 11.6 Å². The lowest BCUT2D eigenvalue weighted by Gasteiger charge is -2.10. The van der Waals surface area contributed by atoms with Gasteiger partial charge in [-0.2, -0.15) is 0 Å². The lowest BCUT2D eigenvalue weighted by molar-refractivity contribution is 0.102. The molecule has 0 saturated carbocycles. The van der Waals surface area contributed by atoms with Crippen LogP contribution in [0.15, 0.2) is 60.9 Å². The molecule has 0 aliphatic carbocycles. The Labute approximate surface area is 146 Å². The van der Waals surface area contributed by atoms with Gasteiger partial charge < -0.3 is 10.6 Å². The third kappa shape index (κ3) is 4.38. The predicted molar refractivity (Wildman–Crippen MR) is 97.4 cm³/mol. The molecule has 2 aromatic heterocycles. The fraction of sp³-hybridized carbons (Fsp3) is 0.158. The van der Waals surface area contributed by atoms with Gasteiger partial charge in [0.05, 0.1) is 12.2 Å². The summed E-state index contributed by atoms with van der Waals surface area (Å²) in [5, 5.41) is 5.99. The van der Waals surface area contributed by atoms with Crippen molar-refractivity contribution in [3.05, 3.63) is 77.9 Å². The fourth-order valence-corrected chi connectivity index (χ4v) is 2.38. The molecule has 1 amide bonds. The van der Waals surface area contributed by atoms with Crippen molar-refractivity contribution < 1.29 is 4.79 Å². The van der Waals surface area contributed by atoms with Gasteiger partial charge in [0.2, 0.25) is 5.95 Å². The first kappa shape index (κ1) is 16.6. The van der Waals surface area contributed by atoms with Gasteiger partial charge in [-0.3, -0.25) is 9.78 Å². The second-order valence-corrected chi connectivity index (χ2v) is 5.40. The molecule has 0 bridgehead atoms. The summed E-state index contributed by atoms with van der Waals surface area (Å²) in [4.78, 5) is 25.1. The van der Waals surface area contributed by atoms with E-state index in [1.165, 1.54) is 0 Å². The zero-order valence-electron chi connectivity index (χ0n) is 13.9. The first-order chi connectivity index (χ1) is 12.3. The Hall–Kier alpha value is -3.28. The zero-order valence-corrected chi connectivity index (χ0v) is 13.9. The van der Waals surface area contributed by atoms with E-state index in [0.29, 0.717) is 18.2 Å². The van der Waals surface area contributed by atoms with Gasteiger partial charge in [0.15, 0.2) is 0 Å². The van der Waals surface area contributed by atoms with Gasteiger partial charge in [0, 0.05) is 18.1 Å². The molecule has 2 heterocycles. The topological polar surface area (TPSA) is 79.8 Å². The van der Waals surface area contributed by atoms with Crippen molar-refractivity contribution in [1.29, 1.82) is 0 Å². The van der Waals surface area contributed by atoms with E-state index in [2.05, 4.69) is 32.5 Å². The first-order valence-electron chi connectivity index (χ1n) is 8.12. The van der Waals surface area contributed by atoms with E-state index in [4.69, 9.17) is 0 Å². The van der Waals surface area contributed by atoms with Gasteiger partial charge in [0.1, 0.15) is 5.69 Å². The van der Waals surface area contributed by atoms with E-state index >= 15 is 0 Å². The Morgan fingerprint density at radius 1 is 1.00 bits per heavy atom. The SMILES string of the molecule is CCc1ccccc1NC(=O)c1ccnc(NCc2ccccn2)n1. The third-order valence-electron chi connectivity index (χ3n) is 3.69. The van der Waals surface area contributed by atoms with Gasteiger partial charge in [-0.25, -0.2) is 9.97 Å². The highest BCUT2D eigenvalue weighted by atomic mass is 16.1. The van der Waals surface area contributed by atoms with Crippen LogP contribution in [0.25, 0.3) is 0 Å². The summed E-state index contributed by atoms with van der Waals surface area (Å²) in [6.07, 6.45) is 4.14. The first-order valence-corrected chi connectivity index (χ1v) is 8.12. The highest BCUT2D eigenvalue weighted by Gasteiger charge is 2.11. The molecule has 0 aliphatic heterocycles. The predicted octanol–water partition coefficient (Wildman–Crippen LogP) is 3.30. The summed E-state index contributed by atoms with van der Waals surface area (Å²) in [5.41, 5.74) is 3.07. The van der Waals surface area contributed by atoms with Crippen molar-refractivity contribution in [2.75, 3.05) is 10.6 Å². The number of rotatable bonds is 6. The number of nitrogens with one attached hydrogen (secondary N) is 2. The molecule has 126 valence electrons. The third-order valence-corrected chi connectivity index (χ3v) is 3.69. The van der Waals surface area contributed by atoms with Crippen LogP contribution >= 0.6 is 0 Å². The number of nitrogens with zero attached hydrogens (tertiary/aromatic N) is 3. The molecule has 0 atom stereocenters. The molecule has 0 spiro atoms. The Bertz CT molecular complexity index is 851. The highest BCUT2D eigenvalue weighted by Crippen LogP contribution is 2.16. The number of aromatic nitrogens is 3. The number of hydrogen-bond donors (Lipinski definition) is 2. The largest absolute Gasteiger partial charge is 0.349 e. The van der Waals surface area contributed by atoms with Gasteiger partial charge in [-0.1, -0.05) is 31.2 Å². The Balaban J connectivity index is 1.69. The van der Waals surface area contributed by atoms with E-state index in [9.17, 15) is 4.79 Å². The van der Waals surface area contributed by atoms with Crippen molar-refractivity contribution in [2.24, 2.45) is 0 Å². The van der Waals surface area contributed by atoms with Crippen LogP contribution in [0.3, 0.4) is 0 Å². The molecule has 6 nitrogen and oxygen atoms in total. The van der Waals surface area contributed by atoms with Gasteiger partial charge in [-0.15, -0.1) is 0 Å². The highest BCUT2D eigenvalue weighted by molar-refractivity contribution is 6.03. The van der Waals surface area contributed by atoms with E-state index < -0.39 is 0 Å². The number of aryl methyl sites for hydroxylation is 1. The van der Waals surface area contributed by atoms with Crippen LogP contribution in [-0.2, 0) is 13.0 Å². The monoisotopic (exact) mass is 333 g/mol. The summed E-state index contributed by atoms with van der Waals surface area (Å²) in [5.74, 6) is 0.131. The quantitative estimate of drug-likeness (QED) is 0.723. The van der Waals surface area contributed by atoms with E-state index in [1.807, 2.05) is 42.5 Å². The van der Waals surface area contributed by atoms with Crippen LogP contribution in [0.2, 0.25) is 0 Å². The maximum Gasteiger partial charge on any atom is 0.274 e. The molecule has 0 fully saturated rings. The molecular weight excluding hydrogens is 314 g/mol. The zero-order chi connectivity index (χ0) is 17.5. The van der Waals surface area contributed by atoms with E-state index in [-0.39, 0.29) is 5.91 Å². The molecule has 1 aromatic carbocycles. The average molecular weight is 333 g/mol. The van der Waals surface area contributed by atoms with Crippen LogP contribution in [0.1, 0.15) is 28.7 Å². The molecule has 0 radical (unpaired) electrons. The fourth-order valence-electron chi connectivity index (χ4n) is 2.38. The lowest BCUT2D eigenvalue weighted by Crippen LogP contribution is -2.16. The second-order valence-electron chi connectivity index (χ2n) is 5.40. The number of carbonyl (C=O) groups is 1.